The highest BCUT2D eigenvalue weighted by molar-refractivity contribution is 5.48. The van der Waals surface area contributed by atoms with Gasteiger partial charge in [-0.2, -0.15) is 0 Å². The molecule has 138 valence electrons. The lowest BCUT2D eigenvalue weighted by Gasteiger charge is -2.40. The molecule has 0 radical (unpaired) electrons. The Hall–Kier alpha value is -1.16. The Morgan fingerprint density at radius 3 is 2.76 bits per heavy atom. The molecule has 4 heteroatoms. The molecule has 0 bridgehead atoms. The highest BCUT2D eigenvalue weighted by Gasteiger charge is 2.48. The van der Waals surface area contributed by atoms with E-state index in [9.17, 15) is 5.11 Å². The van der Waals surface area contributed by atoms with E-state index in [-0.39, 0.29) is 0 Å². The predicted octanol–water partition coefficient (Wildman–Crippen LogP) is 2.96. The van der Waals surface area contributed by atoms with Crippen LogP contribution in [0.2, 0.25) is 0 Å². The van der Waals surface area contributed by atoms with Crippen LogP contribution in [0.5, 0.6) is 0 Å². The molecule has 3 aliphatic heterocycles. The summed E-state index contributed by atoms with van der Waals surface area (Å²) in [5.41, 5.74) is 6.47. The van der Waals surface area contributed by atoms with Crippen LogP contribution in [0.15, 0.2) is 22.7 Å². The van der Waals surface area contributed by atoms with E-state index in [4.69, 9.17) is 0 Å². The van der Waals surface area contributed by atoms with Crippen LogP contribution in [0.1, 0.15) is 64.2 Å². The van der Waals surface area contributed by atoms with E-state index in [0.29, 0.717) is 12.6 Å². The van der Waals surface area contributed by atoms with Gasteiger partial charge >= 0.3 is 0 Å². The summed E-state index contributed by atoms with van der Waals surface area (Å²) >= 11 is 0. The quantitative estimate of drug-likeness (QED) is 0.826. The minimum atomic E-state index is 0.307. The molecule has 0 spiro atoms. The summed E-state index contributed by atoms with van der Waals surface area (Å²) in [6.45, 7) is 3.71. The van der Waals surface area contributed by atoms with Crippen LogP contribution < -0.4 is 5.32 Å². The molecular formula is C21H33N3O. The van der Waals surface area contributed by atoms with Gasteiger partial charge in [-0.25, -0.2) is 0 Å². The fourth-order valence-electron chi connectivity index (χ4n) is 6.21. The Morgan fingerprint density at radius 1 is 0.960 bits per heavy atom. The van der Waals surface area contributed by atoms with Gasteiger partial charge in [-0.3, -0.25) is 0 Å². The van der Waals surface area contributed by atoms with Gasteiger partial charge in [0.15, 0.2) is 0 Å². The molecule has 3 atom stereocenters. The number of nitrogens with one attached hydrogen (secondary N) is 1. The zero-order valence-electron chi connectivity index (χ0n) is 15.5. The van der Waals surface area contributed by atoms with Crippen LogP contribution in [-0.2, 0) is 0 Å². The highest BCUT2D eigenvalue weighted by atomic mass is 16.3. The Bertz CT molecular complexity index is 596. The van der Waals surface area contributed by atoms with Crippen LogP contribution in [-0.4, -0.2) is 53.2 Å². The van der Waals surface area contributed by atoms with E-state index >= 15 is 0 Å². The first-order valence-electron chi connectivity index (χ1n) is 10.7. The summed E-state index contributed by atoms with van der Waals surface area (Å²) in [4.78, 5) is 5.45. The van der Waals surface area contributed by atoms with Gasteiger partial charge in [0, 0.05) is 49.9 Å². The molecule has 2 saturated carbocycles. The summed E-state index contributed by atoms with van der Waals surface area (Å²) in [6, 6.07) is 1.33. The van der Waals surface area contributed by atoms with Crippen LogP contribution in [0, 0.1) is 5.92 Å². The first-order valence-corrected chi connectivity index (χ1v) is 10.7. The first kappa shape index (κ1) is 16.0. The smallest absolute Gasteiger partial charge is 0.0803 e. The largest absolute Gasteiger partial charge is 0.396 e. The van der Waals surface area contributed by atoms with Gasteiger partial charge < -0.3 is 20.2 Å². The molecule has 5 rings (SSSR count). The molecule has 2 aliphatic carbocycles. The second kappa shape index (κ2) is 6.53. The zero-order chi connectivity index (χ0) is 16.8. The molecule has 5 aliphatic rings. The molecule has 3 heterocycles. The topological polar surface area (TPSA) is 38.7 Å². The van der Waals surface area contributed by atoms with Crippen LogP contribution >= 0.6 is 0 Å². The van der Waals surface area contributed by atoms with Gasteiger partial charge in [-0.1, -0.05) is 19.3 Å². The van der Waals surface area contributed by atoms with Crippen molar-refractivity contribution in [1.82, 2.24) is 15.1 Å². The van der Waals surface area contributed by atoms with Gasteiger partial charge in [-0.05, 0) is 50.5 Å². The number of hydrogen-bond donors (Lipinski definition) is 2. The average molecular weight is 344 g/mol. The van der Waals surface area contributed by atoms with Crippen LogP contribution in [0.4, 0.5) is 0 Å². The van der Waals surface area contributed by atoms with E-state index in [1.54, 1.807) is 22.7 Å². The third-order valence-electron chi connectivity index (χ3n) is 7.24. The number of hydrogen-bond acceptors (Lipinski definition) is 4. The van der Waals surface area contributed by atoms with Crippen LogP contribution in [0.3, 0.4) is 0 Å². The summed E-state index contributed by atoms with van der Waals surface area (Å²) in [6.07, 6.45) is 13.0. The fourth-order valence-corrected chi connectivity index (χ4v) is 6.21. The summed E-state index contributed by atoms with van der Waals surface area (Å²) in [5, 5.41) is 13.5. The Labute approximate surface area is 151 Å². The zero-order valence-corrected chi connectivity index (χ0v) is 15.5. The lowest BCUT2D eigenvalue weighted by Crippen LogP contribution is -2.42. The van der Waals surface area contributed by atoms with Crippen molar-refractivity contribution in [3.05, 3.63) is 22.7 Å². The van der Waals surface area contributed by atoms with Crippen LogP contribution in [0.25, 0.3) is 0 Å². The number of nitrogens with zero attached hydrogens (tertiary/aromatic N) is 2. The minimum Gasteiger partial charge on any atom is -0.396 e. The standard InChI is InChI=1S/C21H33N3O/c25-14-6-12-23-11-5-13-24-18-10-4-2-8-16(18)19-21(24)20(23)15-7-1-3-9-17(15)22-19/h16-18,22,25H,1-14H2. The van der Waals surface area contributed by atoms with Crippen molar-refractivity contribution in [2.75, 3.05) is 26.2 Å². The Balaban J connectivity index is 1.60. The van der Waals surface area contributed by atoms with Crippen molar-refractivity contribution >= 4 is 0 Å². The van der Waals surface area contributed by atoms with Crippen molar-refractivity contribution in [2.45, 2.75) is 76.3 Å². The van der Waals surface area contributed by atoms with Crippen molar-refractivity contribution in [3.8, 4) is 0 Å². The van der Waals surface area contributed by atoms with Gasteiger partial charge in [0.05, 0.1) is 11.4 Å². The summed E-state index contributed by atoms with van der Waals surface area (Å²) < 4.78 is 0. The second-order valence-corrected chi connectivity index (χ2v) is 8.65. The SMILES string of the molecule is OCCCN1CCCN2C3=C(NC4CCCCC4=C31)C1CCCCC12. The number of dihydropyridines is 1. The first-order chi connectivity index (χ1) is 12.4. The number of fused-ring (bicyclic) bond motifs is 4. The molecule has 3 unspecified atom stereocenters. The van der Waals surface area contributed by atoms with Gasteiger partial charge in [0.1, 0.15) is 0 Å². The van der Waals surface area contributed by atoms with E-state index in [1.165, 1.54) is 64.3 Å². The van der Waals surface area contributed by atoms with Crippen molar-refractivity contribution in [2.24, 2.45) is 5.92 Å². The molecule has 0 aromatic carbocycles. The molecule has 4 nitrogen and oxygen atoms in total. The number of aliphatic hydroxyl groups excluding tert-OH is 1. The van der Waals surface area contributed by atoms with Gasteiger partial charge in [0.2, 0.25) is 0 Å². The fraction of sp³-hybridized carbons (Fsp3) is 0.810. The molecule has 0 aromatic heterocycles. The van der Waals surface area contributed by atoms with E-state index in [2.05, 4.69) is 15.1 Å². The normalized spacial score (nSPS) is 34.4. The van der Waals surface area contributed by atoms with Crippen molar-refractivity contribution in [1.29, 1.82) is 0 Å². The third kappa shape index (κ3) is 2.51. The van der Waals surface area contributed by atoms with E-state index in [1.807, 2.05) is 0 Å². The lowest BCUT2D eigenvalue weighted by atomic mass is 9.80. The maximum absolute atomic E-state index is 9.40. The van der Waals surface area contributed by atoms with E-state index < -0.39 is 0 Å². The monoisotopic (exact) mass is 343 g/mol. The summed E-state index contributed by atoms with van der Waals surface area (Å²) in [5.74, 6) is 0.750. The van der Waals surface area contributed by atoms with Gasteiger partial charge in [-0.15, -0.1) is 0 Å². The molecular weight excluding hydrogens is 310 g/mol. The number of rotatable bonds is 3. The molecule has 25 heavy (non-hydrogen) atoms. The second-order valence-electron chi connectivity index (χ2n) is 8.65. The highest BCUT2D eigenvalue weighted by Crippen LogP contribution is 2.49. The Morgan fingerprint density at radius 2 is 1.84 bits per heavy atom. The number of aliphatic hydroxyl groups is 1. The third-order valence-corrected chi connectivity index (χ3v) is 7.24. The molecule has 0 amide bonds. The van der Waals surface area contributed by atoms with Crippen molar-refractivity contribution < 1.29 is 5.11 Å². The maximum atomic E-state index is 9.40. The minimum absolute atomic E-state index is 0.307. The average Bonchev–Trinajstić information content (AvgIpc) is 2.84. The Kier molecular flexibility index (Phi) is 4.19. The summed E-state index contributed by atoms with van der Waals surface area (Å²) in [7, 11) is 0. The maximum Gasteiger partial charge on any atom is 0.0803 e. The van der Waals surface area contributed by atoms with E-state index in [0.717, 1.165) is 31.5 Å². The molecule has 3 fully saturated rings. The predicted molar refractivity (Wildman–Crippen MR) is 99.8 cm³/mol. The molecule has 1 saturated heterocycles. The lowest BCUT2D eigenvalue weighted by molar-refractivity contribution is 0.192. The molecule has 0 aromatic rings. The van der Waals surface area contributed by atoms with Gasteiger partial charge in [0.25, 0.3) is 0 Å². The molecule has 2 N–H and O–H groups in total. The van der Waals surface area contributed by atoms with Crippen molar-refractivity contribution in [3.63, 3.8) is 0 Å².